The highest BCUT2D eigenvalue weighted by atomic mass is 16.5. The lowest BCUT2D eigenvalue weighted by molar-refractivity contribution is 0.262. The van der Waals surface area contributed by atoms with E-state index in [0.717, 1.165) is 23.7 Å². The van der Waals surface area contributed by atoms with Crippen molar-refractivity contribution in [2.75, 3.05) is 27.2 Å². The molecule has 1 aromatic carbocycles. The largest absolute Gasteiger partial charge is 0.477 e. The number of hydrogen-bond donors (Lipinski definition) is 1. The van der Waals surface area contributed by atoms with Crippen molar-refractivity contribution in [2.45, 2.75) is 13.0 Å². The third-order valence-electron chi connectivity index (χ3n) is 2.91. The van der Waals surface area contributed by atoms with Crippen molar-refractivity contribution in [2.24, 2.45) is 0 Å². The molecule has 0 radical (unpaired) electrons. The van der Waals surface area contributed by atoms with Crippen LogP contribution in [-0.4, -0.2) is 42.2 Å². The lowest BCUT2D eigenvalue weighted by Gasteiger charge is -2.12. The summed E-state index contributed by atoms with van der Waals surface area (Å²) in [6.45, 7) is 1.54. The summed E-state index contributed by atoms with van der Waals surface area (Å²) in [4.78, 5) is 6.47. The van der Waals surface area contributed by atoms with Gasteiger partial charge in [-0.3, -0.25) is 0 Å². The number of ether oxygens (including phenoxy) is 1. The minimum atomic E-state index is -0.0705. The first kappa shape index (κ1) is 13.8. The Balaban J connectivity index is 2.16. The number of hydrogen-bond acceptors (Lipinski definition) is 4. The fourth-order valence-corrected chi connectivity index (χ4v) is 1.96. The van der Waals surface area contributed by atoms with Crippen molar-refractivity contribution in [3.8, 4) is 5.88 Å². The molecule has 1 heterocycles. The predicted molar refractivity (Wildman–Crippen MR) is 76.3 cm³/mol. The average molecular weight is 260 g/mol. The van der Waals surface area contributed by atoms with Gasteiger partial charge in [0.2, 0.25) is 5.88 Å². The number of aromatic nitrogens is 1. The molecule has 102 valence electrons. The summed E-state index contributed by atoms with van der Waals surface area (Å²) < 4.78 is 5.76. The molecule has 0 aliphatic heterocycles. The zero-order valence-corrected chi connectivity index (χ0v) is 11.5. The Morgan fingerprint density at radius 2 is 2.05 bits per heavy atom. The summed E-state index contributed by atoms with van der Waals surface area (Å²) in [5, 5.41) is 11.3. The Morgan fingerprint density at radius 1 is 1.26 bits per heavy atom. The molecule has 0 spiro atoms. The van der Waals surface area contributed by atoms with Gasteiger partial charge < -0.3 is 14.7 Å². The van der Waals surface area contributed by atoms with Crippen molar-refractivity contribution in [3.63, 3.8) is 0 Å². The van der Waals surface area contributed by atoms with Crippen molar-refractivity contribution in [1.29, 1.82) is 0 Å². The molecule has 1 N–H and O–H groups in total. The van der Waals surface area contributed by atoms with Crippen molar-refractivity contribution in [3.05, 3.63) is 36.0 Å². The van der Waals surface area contributed by atoms with E-state index in [9.17, 15) is 5.11 Å². The van der Waals surface area contributed by atoms with E-state index in [1.54, 1.807) is 0 Å². The maximum atomic E-state index is 9.24. The second kappa shape index (κ2) is 6.50. The Bertz CT molecular complexity index is 541. The number of pyridine rings is 1. The smallest absolute Gasteiger partial charge is 0.221 e. The van der Waals surface area contributed by atoms with Gasteiger partial charge in [-0.25, -0.2) is 4.98 Å². The topological polar surface area (TPSA) is 45.6 Å². The van der Waals surface area contributed by atoms with Crippen molar-refractivity contribution < 1.29 is 9.84 Å². The van der Waals surface area contributed by atoms with Gasteiger partial charge in [0.15, 0.2) is 0 Å². The fourth-order valence-electron chi connectivity index (χ4n) is 1.96. The average Bonchev–Trinajstić information content (AvgIpc) is 2.42. The van der Waals surface area contributed by atoms with Gasteiger partial charge >= 0.3 is 0 Å². The Labute approximate surface area is 113 Å². The van der Waals surface area contributed by atoms with E-state index in [2.05, 4.69) is 9.88 Å². The van der Waals surface area contributed by atoms with Gasteiger partial charge in [0.05, 0.1) is 18.9 Å². The molecule has 0 saturated heterocycles. The van der Waals surface area contributed by atoms with Crippen molar-refractivity contribution in [1.82, 2.24) is 9.88 Å². The number of fused-ring (bicyclic) bond motifs is 1. The monoisotopic (exact) mass is 260 g/mol. The van der Waals surface area contributed by atoms with Gasteiger partial charge in [0, 0.05) is 11.9 Å². The van der Waals surface area contributed by atoms with Gasteiger partial charge in [0.25, 0.3) is 0 Å². The summed E-state index contributed by atoms with van der Waals surface area (Å²) in [6, 6.07) is 9.82. The van der Waals surface area contributed by atoms with E-state index in [1.807, 2.05) is 44.4 Å². The predicted octanol–water partition coefficient (Wildman–Crippen LogP) is 2.06. The third kappa shape index (κ3) is 3.66. The molecule has 1 aromatic heterocycles. The first-order chi connectivity index (χ1) is 9.20. The first-order valence-corrected chi connectivity index (χ1v) is 6.48. The first-order valence-electron chi connectivity index (χ1n) is 6.48. The lowest BCUT2D eigenvalue weighted by Crippen LogP contribution is -2.15. The molecular formula is C15H20N2O2. The lowest BCUT2D eigenvalue weighted by atomic mass is 10.1. The molecule has 19 heavy (non-hydrogen) atoms. The number of aliphatic hydroxyl groups is 1. The van der Waals surface area contributed by atoms with Crippen LogP contribution in [0.15, 0.2) is 30.3 Å². The van der Waals surface area contributed by atoms with E-state index >= 15 is 0 Å². The number of rotatable bonds is 6. The fraction of sp³-hybridized carbons (Fsp3) is 0.400. The molecule has 4 heteroatoms. The van der Waals surface area contributed by atoms with Crippen molar-refractivity contribution >= 4 is 10.8 Å². The van der Waals surface area contributed by atoms with Crippen LogP contribution < -0.4 is 4.74 Å². The van der Waals surface area contributed by atoms with Crippen LogP contribution in [0.25, 0.3) is 10.8 Å². The normalized spacial score (nSPS) is 11.2. The van der Waals surface area contributed by atoms with Gasteiger partial charge in [-0.15, -0.1) is 0 Å². The highest BCUT2D eigenvalue weighted by Gasteiger charge is 2.06. The highest BCUT2D eigenvalue weighted by molar-refractivity contribution is 5.87. The van der Waals surface area contributed by atoms with Gasteiger partial charge in [-0.1, -0.05) is 18.2 Å². The van der Waals surface area contributed by atoms with Crippen LogP contribution in [0.3, 0.4) is 0 Å². The van der Waals surface area contributed by atoms with Gasteiger partial charge in [-0.05, 0) is 38.0 Å². The molecule has 0 amide bonds. The quantitative estimate of drug-likeness (QED) is 0.808. The Hall–Kier alpha value is -1.65. The standard InChI is InChI=1S/C15H20N2O2/c1-17(2)8-5-9-19-15-14-7-4-3-6-12(14)10-13(11-18)16-15/h3-4,6-7,10,18H,5,8-9,11H2,1-2H3. The molecule has 4 nitrogen and oxygen atoms in total. The maximum absolute atomic E-state index is 9.24. The van der Waals surface area contributed by atoms with Crippen LogP contribution in [0, 0.1) is 0 Å². The molecule has 2 rings (SSSR count). The summed E-state index contributed by atoms with van der Waals surface area (Å²) in [5.41, 5.74) is 0.640. The molecule has 0 fully saturated rings. The van der Waals surface area contributed by atoms with E-state index < -0.39 is 0 Å². The molecule has 0 aliphatic carbocycles. The number of benzene rings is 1. The van der Waals surface area contributed by atoms with E-state index in [-0.39, 0.29) is 6.61 Å². The molecule has 0 atom stereocenters. The summed E-state index contributed by atoms with van der Waals surface area (Å²) >= 11 is 0. The van der Waals surface area contributed by atoms with Crippen LogP contribution in [0.4, 0.5) is 0 Å². The molecular weight excluding hydrogens is 240 g/mol. The summed E-state index contributed by atoms with van der Waals surface area (Å²) in [6.07, 6.45) is 0.951. The maximum Gasteiger partial charge on any atom is 0.221 e. The minimum Gasteiger partial charge on any atom is -0.477 e. The zero-order valence-electron chi connectivity index (χ0n) is 11.5. The third-order valence-corrected chi connectivity index (χ3v) is 2.91. The Kier molecular flexibility index (Phi) is 4.71. The van der Waals surface area contributed by atoms with E-state index in [1.165, 1.54) is 0 Å². The molecule has 2 aromatic rings. The van der Waals surface area contributed by atoms with E-state index in [0.29, 0.717) is 18.2 Å². The van der Waals surface area contributed by atoms with Crippen LogP contribution in [-0.2, 0) is 6.61 Å². The van der Waals surface area contributed by atoms with E-state index in [4.69, 9.17) is 4.74 Å². The second-order valence-electron chi connectivity index (χ2n) is 4.80. The summed E-state index contributed by atoms with van der Waals surface area (Å²) in [5.74, 6) is 0.612. The highest BCUT2D eigenvalue weighted by Crippen LogP contribution is 2.24. The number of nitrogens with zero attached hydrogens (tertiary/aromatic N) is 2. The molecule has 0 unspecified atom stereocenters. The van der Waals surface area contributed by atoms with Gasteiger partial charge in [0.1, 0.15) is 0 Å². The SMILES string of the molecule is CN(C)CCCOc1nc(CO)cc2ccccc12. The van der Waals surface area contributed by atoms with Crippen LogP contribution >= 0.6 is 0 Å². The zero-order chi connectivity index (χ0) is 13.7. The molecule has 0 aliphatic rings. The minimum absolute atomic E-state index is 0.0705. The van der Waals surface area contributed by atoms with Crippen LogP contribution in [0.1, 0.15) is 12.1 Å². The van der Waals surface area contributed by atoms with Gasteiger partial charge in [-0.2, -0.15) is 0 Å². The number of aliphatic hydroxyl groups excluding tert-OH is 1. The van der Waals surface area contributed by atoms with Crippen LogP contribution in [0.5, 0.6) is 5.88 Å². The summed E-state index contributed by atoms with van der Waals surface area (Å²) in [7, 11) is 4.08. The molecule has 0 saturated carbocycles. The Morgan fingerprint density at radius 3 is 2.79 bits per heavy atom. The van der Waals surface area contributed by atoms with Crippen LogP contribution in [0.2, 0.25) is 0 Å². The molecule has 0 bridgehead atoms. The second-order valence-corrected chi connectivity index (χ2v) is 4.80.